The second-order valence-corrected chi connectivity index (χ2v) is 25.8. The van der Waals surface area contributed by atoms with Gasteiger partial charge in [0.15, 0.2) is 28.9 Å². The minimum atomic E-state index is -0.423. The summed E-state index contributed by atoms with van der Waals surface area (Å²) in [5.41, 5.74) is 10.7. The van der Waals surface area contributed by atoms with Gasteiger partial charge in [0, 0.05) is 99.8 Å². The van der Waals surface area contributed by atoms with Crippen LogP contribution in [0.5, 0.6) is 58.3 Å². The minimum absolute atomic E-state index is 0.0556. The summed E-state index contributed by atoms with van der Waals surface area (Å²) >= 11 is 27.2. The highest BCUT2D eigenvalue weighted by Crippen LogP contribution is 2.27. The molecule has 11 rings (SSSR count). The zero-order valence-corrected chi connectivity index (χ0v) is 73.0. The normalized spacial score (nSPS) is 9.45. The number of hydrogen-bond donors (Lipinski definition) is 0. The Morgan fingerprint density at radius 1 is 0.342 bits per heavy atom. The van der Waals surface area contributed by atoms with Crippen LogP contribution in [-0.4, -0.2) is 119 Å². The van der Waals surface area contributed by atoms with Crippen molar-refractivity contribution in [3.8, 4) is 58.3 Å². The van der Waals surface area contributed by atoms with Crippen molar-refractivity contribution in [3.05, 3.63) is 272 Å². The number of ether oxygens (including phenoxy) is 10. The van der Waals surface area contributed by atoms with Crippen molar-refractivity contribution in [2.24, 2.45) is 0 Å². The van der Waals surface area contributed by atoms with Gasteiger partial charge in [-0.25, -0.2) is 47.9 Å². The average Bonchev–Trinajstić information content (AvgIpc) is 0.892. The Hall–Kier alpha value is -9.69. The van der Waals surface area contributed by atoms with Crippen LogP contribution >= 0.6 is 82.6 Å². The first-order valence-electron chi connectivity index (χ1n) is 33.5. The Bertz CT molecular complexity index is 4080. The van der Waals surface area contributed by atoms with Crippen molar-refractivity contribution in [1.29, 1.82) is 0 Å². The second-order valence-electron chi connectivity index (χ2n) is 22.0. The summed E-state index contributed by atoms with van der Waals surface area (Å²) < 4.78 is 90.1. The fourth-order valence-electron chi connectivity index (χ4n) is 7.61. The van der Waals surface area contributed by atoms with Gasteiger partial charge in [-0.15, -0.1) is 0 Å². The molecule has 0 amide bonds. The maximum Gasteiger partial charge on any atom is 0.250 e. The van der Waals surface area contributed by atoms with E-state index >= 15 is 0 Å². The molecule has 0 atom stereocenters. The molecule has 0 N–H and O–H groups in total. The fourth-order valence-corrected chi connectivity index (χ4v) is 9.23. The van der Waals surface area contributed by atoms with E-state index in [1.54, 1.807) is 124 Å². The molecule has 10 heterocycles. The van der Waals surface area contributed by atoms with Crippen LogP contribution in [-0.2, 0) is 0 Å². The van der Waals surface area contributed by atoms with Crippen LogP contribution in [0, 0.1) is 100 Å². The first-order chi connectivity index (χ1) is 52.8. The summed E-state index contributed by atoms with van der Waals surface area (Å²) in [5.74, 6) is 3.83. The molecule has 0 unspecified atom stereocenters. The number of aryl methyl sites for hydroxylation is 11. The van der Waals surface area contributed by atoms with Gasteiger partial charge in [-0.2, -0.15) is 0 Å². The van der Waals surface area contributed by atoms with E-state index in [1.807, 2.05) is 142 Å². The minimum Gasteiger partial charge on any atom is -0.497 e. The van der Waals surface area contributed by atoms with E-state index in [2.05, 4.69) is 107 Å². The van der Waals surface area contributed by atoms with Crippen molar-refractivity contribution in [1.82, 2.24) is 49.8 Å². The van der Waals surface area contributed by atoms with Gasteiger partial charge in [-0.1, -0.05) is 64.6 Å². The molecule has 0 aliphatic heterocycles. The SMILES string of the molecule is CCOc1nc(C)ccc1Br.CCOc1nc(C)ccc1Cl.CCOc1nc(C)ccc1F.COc1cc(C)ncc1Br.COc1cc(C)ncc1Cl.COc1cc(C)ncc1F.COc1ccnc(C)c1.COc1nc(C)ccc1Br.COc1nc(C)ccc1Cl.COc1nc(C)ccc1F.[C-]#[N+]c1cccc(C)c1. The highest BCUT2D eigenvalue weighted by molar-refractivity contribution is 9.11. The number of methoxy groups -OCH3 is 7. The van der Waals surface area contributed by atoms with Crippen molar-refractivity contribution in [3.63, 3.8) is 0 Å². The van der Waals surface area contributed by atoms with Gasteiger partial charge in [-0.05, 0) is 224 Å². The largest absolute Gasteiger partial charge is 0.497 e. The molecule has 21 nitrogen and oxygen atoms in total. The van der Waals surface area contributed by atoms with Crippen molar-refractivity contribution >= 4 is 88.3 Å². The molecule has 0 fully saturated rings. The predicted molar refractivity (Wildman–Crippen MR) is 445 cm³/mol. The predicted octanol–water partition coefficient (Wildman–Crippen LogP) is 22.4. The third-order valence-corrected chi connectivity index (χ3v) is 15.6. The molecular formula is C81H94Br3Cl3F3N11O10. The molecule has 596 valence electrons. The van der Waals surface area contributed by atoms with Crippen LogP contribution < -0.4 is 47.4 Å². The fraction of sp³-hybridized carbons (Fsp3) is 0.296. The molecular weight excluding hydrogens is 1690 g/mol. The van der Waals surface area contributed by atoms with Crippen molar-refractivity contribution < 1.29 is 60.5 Å². The topological polar surface area (TPSA) is 226 Å². The zero-order chi connectivity index (χ0) is 83.5. The third kappa shape index (κ3) is 41.8. The number of pyridine rings is 10. The lowest BCUT2D eigenvalue weighted by Crippen LogP contribution is -1.98. The lowest BCUT2D eigenvalue weighted by Gasteiger charge is -2.03. The smallest absolute Gasteiger partial charge is 0.250 e. The quantitative estimate of drug-likeness (QED) is 0.0978. The van der Waals surface area contributed by atoms with Gasteiger partial charge < -0.3 is 47.4 Å². The maximum atomic E-state index is 12.8. The summed E-state index contributed by atoms with van der Waals surface area (Å²) in [7, 11) is 10.8. The highest BCUT2D eigenvalue weighted by atomic mass is 79.9. The number of halogens is 9. The van der Waals surface area contributed by atoms with Crippen molar-refractivity contribution in [2.75, 3.05) is 69.6 Å². The molecule has 111 heavy (non-hydrogen) atoms. The molecule has 1 aromatic carbocycles. The van der Waals surface area contributed by atoms with Gasteiger partial charge in [0.1, 0.15) is 32.3 Å². The van der Waals surface area contributed by atoms with E-state index in [1.165, 1.54) is 26.4 Å². The summed E-state index contributed by atoms with van der Waals surface area (Å²) in [6.45, 7) is 34.7. The van der Waals surface area contributed by atoms with Crippen LogP contribution in [0.25, 0.3) is 4.85 Å². The van der Waals surface area contributed by atoms with E-state index in [0.29, 0.717) is 64.2 Å². The Morgan fingerprint density at radius 3 is 1.15 bits per heavy atom. The Kier molecular flexibility index (Phi) is 50.6. The van der Waals surface area contributed by atoms with Gasteiger partial charge in [-0.3, -0.25) is 19.9 Å². The standard InChI is InChI=1S/C8H10BrNO.C8H10ClNO.C8H10FNO.C8H7N.2C7H8BrNO.2C7H8ClNO.2C7H8FNO.C7H9NO/c3*1-3-11-8-7(9)5-4-6(2)10-8;1-7-4-3-5-8(6-7)9-2;1-5-3-7(10-2)6(8)4-9-5;1-5-3-4-6(8)7(9-5)10-2;1-5-3-7(10-2)6(8)4-9-5;1-5-3-4-6(8)7(9-5)10-2;1-5-3-7(10-2)6(8)4-9-5;1-5-3-4-6(8)7(9-5)10-2;1-6-5-7(9-2)3-4-8-6/h3*4-5H,3H2,1-2H3;3-6H,1H3;6*3-4H,1-2H3;3-5H,1-2H3. The van der Waals surface area contributed by atoms with E-state index in [-0.39, 0.29) is 17.5 Å². The zero-order valence-electron chi connectivity index (χ0n) is 66.0. The third-order valence-electron chi connectivity index (χ3n) is 12.9. The van der Waals surface area contributed by atoms with Crippen LogP contribution in [0.3, 0.4) is 0 Å². The number of aromatic nitrogens is 10. The second kappa shape index (κ2) is 56.5. The van der Waals surface area contributed by atoms with E-state index in [9.17, 15) is 13.2 Å². The molecule has 0 aliphatic carbocycles. The van der Waals surface area contributed by atoms with Crippen LogP contribution in [0.1, 0.15) is 83.3 Å². The van der Waals surface area contributed by atoms with E-state index in [4.69, 9.17) is 84.0 Å². The molecule has 0 aliphatic rings. The molecule has 10 aromatic heterocycles. The number of hydrogen-bond acceptors (Lipinski definition) is 20. The summed E-state index contributed by atoms with van der Waals surface area (Å²) in [6.07, 6.45) is 6.19. The lowest BCUT2D eigenvalue weighted by molar-refractivity contribution is 0.306. The monoisotopic (exact) mass is 1780 g/mol. The molecule has 0 spiro atoms. The first-order valence-corrected chi connectivity index (χ1v) is 37.0. The maximum absolute atomic E-state index is 12.8. The average molecular weight is 1780 g/mol. The van der Waals surface area contributed by atoms with Crippen LogP contribution in [0.15, 0.2) is 166 Å². The highest BCUT2D eigenvalue weighted by Gasteiger charge is 2.08. The molecule has 0 radical (unpaired) electrons. The summed E-state index contributed by atoms with van der Waals surface area (Å²) in [6, 6.07) is 37.3. The first kappa shape index (κ1) is 99.3. The van der Waals surface area contributed by atoms with Gasteiger partial charge in [0.05, 0.1) is 95.8 Å². The van der Waals surface area contributed by atoms with Gasteiger partial charge in [0.2, 0.25) is 29.4 Å². The van der Waals surface area contributed by atoms with E-state index < -0.39 is 17.5 Å². The molecule has 11 aromatic rings. The molecule has 0 bridgehead atoms. The van der Waals surface area contributed by atoms with Crippen LogP contribution in [0.4, 0.5) is 18.9 Å². The van der Waals surface area contributed by atoms with E-state index in [0.717, 1.165) is 99.3 Å². The molecule has 0 saturated carbocycles. The Balaban J connectivity index is 0.000000611. The van der Waals surface area contributed by atoms with Gasteiger partial charge >= 0.3 is 0 Å². The molecule has 30 heteroatoms. The van der Waals surface area contributed by atoms with Crippen LogP contribution in [0.2, 0.25) is 15.1 Å². The summed E-state index contributed by atoms with van der Waals surface area (Å²) in [4.78, 5) is 43.2. The number of nitrogens with zero attached hydrogens (tertiary/aromatic N) is 11. The van der Waals surface area contributed by atoms with Gasteiger partial charge in [0.25, 0.3) is 5.88 Å². The lowest BCUT2D eigenvalue weighted by atomic mass is 10.2. The number of benzene rings is 1. The Labute approximate surface area is 690 Å². The molecule has 0 saturated heterocycles. The summed E-state index contributed by atoms with van der Waals surface area (Å²) in [5, 5.41) is 1.67. The van der Waals surface area contributed by atoms with Crippen molar-refractivity contribution in [2.45, 2.75) is 96.9 Å². The Morgan fingerprint density at radius 2 is 0.739 bits per heavy atom. The number of rotatable bonds is 13.